The molecule has 178 valence electrons. The van der Waals surface area contributed by atoms with E-state index < -0.39 is 0 Å². The molecule has 2 nitrogen and oxygen atoms in total. The highest BCUT2D eigenvalue weighted by Gasteiger charge is 2.24. The van der Waals surface area contributed by atoms with Gasteiger partial charge in [0.15, 0.2) is 0 Å². The van der Waals surface area contributed by atoms with E-state index in [0.29, 0.717) is 0 Å². The van der Waals surface area contributed by atoms with Crippen LogP contribution in [0.15, 0.2) is 24.3 Å². The van der Waals surface area contributed by atoms with Crippen molar-refractivity contribution in [3.8, 4) is 11.5 Å². The second-order valence-electron chi connectivity index (χ2n) is 10.1. The first-order valence-electron chi connectivity index (χ1n) is 13.5. The predicted octanol–water partition coefficient (Wildman–Crippen LogP) is 9.22. The molecule has 4 atom stereocenters. The standard InChI is InChI=1S/C29H50O2/c1-5-7-8-9-13-25(4)31-29-21-19-28(20-22-29)30-23-12-16-26-14-10-11-15-27(26)18-17-24(3)6-2/h19-22,24-27H,5-18,23H2,1-4H3/t24-,25+,26?,27?/m0/s1. The van der Waals surface area contributed by atoms with Crippen LogP contribution in [0.2, 0.25) is 0 Å². The highest BCUT2D eigenvalue weighted by molar-refractivity contribution is 5.31. The highest BCUT2D eigenvalue weighted by atomic mass is 16.5. The molecule has 1 aliphatic rings. The van der Waals surface area contributed by atoms with Crippen LogP contribution in [-0.4, -0.2) is 12.7 Å². The Kier molecular flexibility index (Phi) is 13.1. The van der Waals surface area contributed by atoms with Crippen LogP contribution < -0.4 is 9.47 Å². The van der Waals surface area contributed by atoms with Gasteiger partial charge in [0.2, 0.25) is 0 Å². The number of rotatable bonds is 16. The van der Waals surface area contributed by atoms with Gasteiger partial charge in [0.05, 0.1) is 12.7 Å². The quantitative estimate of drug-likeness (QED) is 0.243. The van der Waals surface area contributed by atoms with Gasteiger partial charge in [-0.25, -0.2) is 0 Å². The summed E-state index contributed by atoms with van der Waals surface area (Å²) < 4.78 is 12.1. The van der Waals surface area contributed by atoms with Gasteiger partial charge in [0.25, 0.3) is 0 Å². The van der Waals surface area contributed by atoms with E-state index in [1.807, 2.05) is 0 Å². The van der Waals surface area contributed by atoms with Gasteiger partial charge in [-0.15, -0.1) is 0 Å². The van der Waals surface area contributed by atoms with Gasteiger partial charge >= 0.3 is 0 Å². The minimum atomic E-state index is 0.285. The molecule has 0 aliphatic heterocycles. The fourth-order valence-electron chi connectivity index (χ4n) is 5.05. The molecule has 0 spiro atoms. The second kappa shape index (κ2) is 15.6. The van der Waals surface area contributed by atoms with Gasteiger partial charge in [-0.1, -0.05) is 78.6 Å². The summed E-state index contributed by atoms with van der Waals surface area (Å²) in [6, 6.07) is 8.25. The second-order valence-corrected chi connectivity index (χ2v) is 10.1. The van der Waals surface area contributed by atoms with E-state index in [9.17, 15) is 0 Å². The van der Waals surface area contributed by atoms with Crippen molar-refractivity contribution in [1.82, 2.24) is 0 Å². The average Bonchev–Trinajstić information content (AvgIpc) is 2.79. The van der Waals surface area contributed by atoms with E-state index in [-0.39, 0.29) is 6.10 Å². The molecule has 0 saturated heterocycles. The van der Waals surface area contributed by atoms with Crippen molar-refractivity contribution in [3.05, 3.63) is 24.3 Å². The molecular weight excluding hydrogens is 380 g/mol. The molecule has 1 fully saturated rings. The summed E-state index contributed by atoms with van der Waals surface area (Å²) in [5.74, 6) is 4.71. The van der Waals surface area contributed by atoms with Crippen LogP contribution in [0.25, 0.3) is 0 Å². The highest BCUT2D eigenvalue weighted by Crippen LogP contribution is 2.37. The molecule has 1 aromatic rings. The zero-order chi connectivity index (χ0) is 22.3. The van der Waals surface area contributed by atoms with E-state index in [1.165, 1.54) is 83.5 Å². The maximum absolute atomic E-state index is 6.06. The van der Waals surface area contributed by atoms with Gasteiger partial charge in [-0.2, -0.15) is 0 Å². The van der Waals surface area contributed by atoms with Gasteiger partial charge in [0.1, 0.15) is 11.5 Å². The monoisotopic (exact) mass is 430 g/mol. The van der Waals surface area contributed by atoms with Crippen LogP contribution in [0.5, 0.6) is 11.5 Å². The van der Waals surface area contributed by atoms with Gasteiger partial charge < -0.3 is 9.47 Å². The Morgan fingerprint density at radius 1 is 0.806 bits per heavy atom. The summed E-state index contributed by atoms with van der Waals surface area (Å²) in [6.45, 7) is 10.0. The molecule has 0 heterocycles. The fourth-order valence-corrected chi connectivity index (χ4v) is 5.05. The normalized spacial score (nSPS) is 20.9. The number of benzene rings is 1. The topological polar surface area (TPSA) is 18.5 Å². The fraction of sp³-hybridized carbons (Fsp3) is 0.793. The average molecular weight is 431 g/mol. The van der Waals surface area contributed by atoms with Crippen molar-refractivity contribution in [3.63, 3.8) is 0 Å². The van der Waals surface area contributed by atoms with Crippen molar-refractivity contribution in [1.29, 1.82) is 0 Å². The van der Waals surface area contributed by atoms with Crippen molar-refractivity contribution >= 4 is 0 Å². The molecule has 0 N–H and O–H groups in total. The van der Waals surface area contributed by atoms with E-state index >= 15 is 0 Å². The summed E-state index contributed by atoms with van der Waals surface area (Å²) in [5.41, 5.74) is 0. The molecule has 0 radical (unpaired) electrons. The van der Waals surface area contributed by atoms with Crippen LogP contribution in [0, 0.1) is 17.8 Å². The Labute approximate surface area is 193 Å². The minimum Gasteiger partial charge on any atom is -0.494 e. The maximum atomic E-state index is 6.06. The third kappa shape index (κ3) is 10.8. The van der Waals surface area contributed by atoms with Gasteiger partial charge in [-0.05, 0) is 81.0 Å². The number of hydrogen-bond donors (Lipinski definition) is 0. The lowest BCUT2D eigenvalue weighted by atomic mass is 9.74. The third-order valence-electron chi connectivity index (χ3n) is 7.41. The van der Waals surface area contributed by atoms with Crippen LogP contribution in [0.1, 0.15) is 118 Å². The Hall–Kier alpha value is -1.18. The number of unbranched alkanes of at least 4 members (excludes halogenated alkanes) is 3. The molecule has 2 rings (SSSR count). The summed E-state index contributed by atoms with van der Waals surface area (Å²) in [5, 5.41) is 0. The van der Waals surface area contributed by atoms with Crippen LogP contribution >= 0.6 is 0 Å². The lowest BCUT2D eigenvalue weighted by Gasteiger charge is -2.32. The summed E-state index contributed by atoms with van der Waals surface area (Å²) in [7, 11) is 0. The van der Waals surface area contributed by atoms with E-state index in [0.717, 1.165) is 42.3 Å². The molecule has 31 heavy (non-hydrogen) atoms. The molecule has 2 heteroatoms. The Morgan fingerprint density at radius 2 is 1.48 bits per heavy atom. The van der Waals surface area contributed by atoms with Crippen LogP contribution in [-0.2, 0) is 0 Å². The summed E-state index contributed by atoms with van der Waals surface area (Å²) in [6.07, 6.45) is 19.1. The van der Waals surface area contributed by atoms with Crippen molar-refractivity contribution < 1.29 is 9.47 Å². The SMILES string of the molecule is CCCCCC[C@@H](C)Oc1ccc(OCCCC2CCCCC2CC[C@@H](C)CC)cc1. The first-order valence-corrected chi connectivity index (χ1v) is 13.5. The van der Waals surface area contributed by atoms with Crippen molar-refractivity contribution in [2.45, 2.75) is 124 Å². The minimum absolute atomic E-state index is 0.285. The zero-order valence-electron chi connectivity index (χ0n) is 21.0. The van der Waals surface area contributed by atoms with E-state index in [1.54, 1.807) is 0 Å². The third-order valence-corrected chi connectivity index (χ3v) is 7.41. The molecule has 1 aromatic carbocycles. The maximum Gasteiger partial charge on any atom is 0.119 e. The van der Waals surface area contributed by atoms with E-state index in [4.69, 9.17) is 9.47 Å². The Balaban J connectivity index is 1.64. The zero-order valence-corrected chi connectivity index (χ0v) is 21.0. The lowest BCUT2D eigenvalue weighted by Crippen LogP contribution is -2.21. The first-order chi connectivity index (χ1) is 15.1. The Morgan fingerprint density at radius 3 is 2.16 bits per heavy atom. The van der Waals surface area contributed by atoms with Crippen LogP contribution in [0.4, 0.5) is 0 Å². The molecule has 1 aliphatic carbocycles. The van der Waals surface area contributed by atoms with Crippen molar-refractivity contribution in [2.24, 2.45) is 17.8 Å². The molecule has 1 saturated carbocycles. The molecule has 0 amide bonds. The smallest absolute Gasteiger partial charge is 0.119 e. The van der Waals surface area contributed by atoms with E-state index in [2.05, 4.69) is 52.0 Å². The summed E-state index contributed by atoms with van der Waals surface area (Å²) >= 11 is 0. The Bertz CT molecular complexity index is 552. The number of hydrogen-bond acceptors (Lipinski definition) is 2. The van der Waals surface area contributed by atoms with Crippen molar-refractivity contribution in [2.75, 3.05) is 6.61 Å². The predicted molar refractivity (Wildman–Crippen MR) is 134 cm³/mol. The van der Waals surface area contributed by atoms with Gasteiger partial charge in [0, 0.05) is 0 Å². The lowest BCUT2D eigenvalue weighted by molar-refractivity contribution is 0.185. The molecule has 0 aromatic heterocycles. The summed E-state index contributed by atoms with van der Waals surface area (Å²) in [4.78, 5) is 0. The van der Waals surface area contributed by atoms with Crippen LogP contribution in [0.3, 0.4) is 0 Å². The molecule has 0 bridgehead atoms. The first kappa shape index (κ1) is 26.1. The molecular formula is C29H50O2. The molecule has 2 unspecified atom stereocenters. The van der Waals surface area contributed by atoms with Gasteiger partial charge in [-0.3, -0.25) is 0 Å². The number of ether oxygens (including phenoxy) is 2. The largest absolute Gasteiger partial charge is 0.494 e.